The zero-order chi connectivity index (χ0) is 17.5. The first-order valence-electron chi connectivity index (χ1n) is 7.74. The minimum atomic E-state index is -3.45. The fraction of sp³-hybridized carbons (Fsp3) is 0.471. The lowest BCUT2D eigenvalue weighted by atomic mass is 10.1. The summed E-state index contributed by atoms with van der Waals surface area (Å²) in [5.41, 5.74) is 2.44. The van der Waals surface area contributed by atoms with Gasteiger partial charge < -0.3 is 13.8 Å². The van der Waals surface area contributed by atoms with Crippen LogP contribution in [0.2, 0.25) is 0 Å². The molecule has 128 valence electrons. The van der Waals surface area contributed by atoms with Crippen LogP contribution in [0.1, 0.15) is 37.5 Å². The maximum Gasteiger partial charge on any atom is 0.362 e. The molecule has 0 aliphatic heterocycles. The summed E-state index contributed by atoms with van der Waals surface area (Å²) in [4.78, 5) is 11.5. The molecule has 0 saturated carbocycles. The SMILES string of the molecule is CCOC(=O)/C=C/c1ccc(C)c(C)c1P(=O)(OCC)OCC. The van der Waals surface area contributed by atoms with Crippen molar-refractivity contribution in [3.8, 4) is 0 Å². The molecule has 0 aliphatic rings. The molecule has 23 heavy (non-hydrogen) atoms. The quantitative estimate of drug-likeness (QED) is 0.409. The van der Waals surface area contributed by atoms with Gasteiger partial charge in [0.1, 0.15) is 0 Å². The van der Waals surface area contributed by atoms with Crippen LogP contribution in [0.4, 0.5) is 0 Å². The van der Waals surface area contributed by atoms with Crippen molar-refractivity contribution in [2.45, 2.75) is 34.6 Å². The van der Waals surface area contributed by atoms with E-state index in [0.717, 1.165) is 11.1 Å². The molecule has 0 N–H and O–H groups in total. The number of rotatable bonds is 8. The number of carbonyl (C=O) groups excluding carboxylic acids is 1. The second-order valence-corrected chi connectivity index (χ2v) is 6.82. The highest BCUT2D eigenvalue weighted by Crippen LogP contribution is 2.49. The summed E-state index contributed by atoms with van der Waals surface area (Å²) >= 11 is 0. The van der Waals surface area contributed by atoms with Crippen molar-refractivity contribution in [3.05, 3.63) is 34.9 Å². The molecule has 0 amide bonds. The number of ether oxygens (including phenoxy) is 1. The first-order chi connectivity index (χ1) is 10.9. The van der Waals surface area contributed by atoms with Gasteiger partial charge in [-0.05, 0) is 57.4 Å². The third kappa shape index (κ3) is 5.03. The minimum absolute atomic E-state index is 0.270. The van der Waals surface area contributed by atoms with E-state index in [-0.39, 0.29) is 13.2 Å². The van der Waals surface area contributed by atoms with E-state index in [1.54, 1.807) is 32.9 Å². The van der Waals surface area contributed by atoms with Gasteiger partial charge >= 0.3 is 13.6 Å². The Bertz CT molecular complexity index is 612. The summed E-state index contributed by atoms with van der Waals surface area (Å²) < 4.78 is 29.0. The summed E-state index contributed by atoms with van der Waals surface area (Å²) in [7, 11) is -3.45. The van der Waals surface area contributed by atoms with Crippen molar-refractivity contribution in [3.63, 3.8) is 0 Å². The predicted molar refractivity (Wildman–Crippen MR) is 92.1 cm³/mol. The number of esters is 1. The molecule has 0 fully saturated rings. The van der Waals surface area contributed by atoms with E-state index >= 15 is 0 Å². The van der Waals surface area contributed by atoms with Gasteiger partial charge in [0.05, 0.1) is 25.1 Å². The third-order valence-electron chi connectivity index (χ3n) is 3.29. The Morgan fingerprint density at radius 1 is 1.09 bits per heavy atom. The topological polar surface area (TPSA) is 61.8 Å². The Hall–Kier alpha value is -1.42. The van der Waals surface area contributed by atoms with E-state index in [2.05, 4.69) is 0 Å². The molecule has 0 unspecified atom stereocenters. The molecule has 0 aliphatic carbocycles. The van der Waals surface area contributed by atoms with Crippen LogP contribution in [0.5, 0.6) is 0 Å². The lowest BCUT2D eigenvalue weighted by molar-refractivity contribution is -0.137. The van der Waals surface area contributed by atoms with E-state index in [0.29, 0.717) is 17.5 Å². The van der Waals surface area contributed by atoms with Gasteiger partial charge in [-0.1, -0.05) is 12.1 Å². The Morgan fingerprint density at radius 2 is 1.70 bits per heavy atom. The Labute approximate surface area is 138 Å². The van der Waals surface area contributed by atoms with Crippen LogP contribution < -0.4 is 5.30 Å². The zero-order valence-corrected chi connectivity index (χ0v) is 15.3. The fourth-order valence-corrected chi connectivity index (χ4v) is 4.24. The largest absolute Gasteiger partial charge is 0.463 e. The van der Waals surface area contributed by atoms with E-state index < -0.39 is 13.6 Å². The molecule has 0 saturated heterocycles. The summed E-state index contributed by atoms with van der Waals surface area (Å²) in [5.74, 6) is -0.445. The molecule has 1 rings (SSSR count). The van der Waals surface area contributed by atoms with E-state index in [1.807, 2.05) is 19.9 Å². The highest BCUT2D eigenvalue weighted by atomic mass is 31.2. The summed E-state index contributed by atoms with van der Waals surface area (Å²) in [5, 5.41) is 0.502. The van der Waals surface area contributed by atoms with Crippen LogP contribution in [0.25, 0.3) is 6.08 Å². The van der Waals surface area contributed by atoms with Crippen LogP contribution in [0.15, 0.2) is 18.2 Å². The highest BCUT2D eigenvalue weighted by molar-refractivity contribution is 7.62. The maximum absolute atomic E-state index is 13.2. The standard InChI is InChI=1S/C17H25O5P/c1-6-20-16(18)12-11-15-10-9-13(4)14(5)17(15)23(19,21-7-2)22-8-3/h9-12H,6-8H2,1-5H3/b12-11+. The average Bonchev–Trinajstić information content (AvgIpc) is 2.49. The van der Waals surface area contributed by atoms with Gasteiger partial charge in [0, 0.05) is 6.08 Å². The average molecular weight is 340 g/mol. The van der Waals surface area contributed by atoms with Crippen LogP contribution in [-0.2, 0) is 23.1 Å². The van der Waals surface area contributed by atoms with E-state index in [1.165, 1.54) is 6.08 Å². The van der Waals surface area contributed by atoms with Crippen molar-refractivity contribution in [2.75, 3.05) is 19.8 Å². The van der Waals surface area contributed by atoms with Gasteiger partial charge in [0.25, 0.3) is 0 Å². The van der Waals surface area contributed by atoms with Crippen molar-refractivity contribution >= 4 is 24.9 Å². The lowest BCUT2D eigenvalue weighted by Gasteiger charge is -2.22. The second kappa shape index (κ2) is 9.02. The molecule has 5 nitrogen and oxygen atoms in total. The number of hydrogen-bond acceptors (Lipinski definition) is 5. The number of aryl methyl sites for hydroxylation is 1. The van der Waals surface area contributed by atoms with Gasteiger partial charge in [-0.15, -0.1) is 0 Å². The third-order valence-corrected chi connectivity index (χ3v) is 5.63. The van der Waals surface area contributed by atoms with Gasteiger partial charge in [-0.2, -0.15) is 0 Å². The van der Waals surface area contributed by atoms with Gasteiger partial charge in [0.15, 0.2) is 0 Å². The normalized spacial score (nSPS) is 11.9. The van der Waals surface area contributed by atoms with Crippen LogP contribution >= 0.6 is 7.60 Å². The smallest absolute Gasteiger partial charge is 0.362 e. The van der Waals surface area contributed by atoms with Gasteiger partial charge in [-0.25, -0.2) is 4.79 Å². The molecule has 1 aromatic carbocycles. The maximum atomic E-state index is 13.2. The Kier molecular flexibility index (Phi) is 7.69. The molecule has 0 radical (unpaired) electrons. The first-order valence-corrected chi connectivity index (χ1v) is 9.28. The minimum Gasteiger partial charge on any atom is -0.463 e. The van der Waals surface area contributed by atoms with Gasteiger partial charge in [-0.3, -0.25) is 4.57 Å². The number of carbonyl (C=O) groups is 1. The number of benzene rings is 1. The molecule has 0 atom stereocenters. The molecule has 0 heterocycles. The summed E-state index contributed by atoms with van der Waals surface area (Å²) in [6, 6.07) is 3.71. The Morgan fingerprint density at radius 3 is 2.22 bits per heavy atom. The van der Waals surface area contributed by atoms with Crippen molar-refractivity contribution < 1.29 is 23.1 Å². The van der Waals surface area contributed by atoms with Gasteiger partial charge in [0.2, 0.25) is 0 Å². The predicted octanol–water partition coefficient (Wildman–Crippen LogP) is 3.77. The second-order valence-electron chi connectivity index (χ2n) is 4.86. The molecule has 1 aromatic rings. The highest BCUT2D eigenvalue weighted by Gasteiger charge is 2.31. The molecule has 6 heteroatoms. The fourth-order valence-electron chi connectivity index (χ4n) is 2.17. The van der Waals surface area contributed by atoms with Crippen LogP contribution in [-0.4, -0.2) is 25.8 Å². The summed E-state index contributed by atoms with van der Waals surface area (Å²) in [6.45, 7) is 9.93. The zero-order valence-electron chi connectivity index (χ0n) is 14.4. The molecular formula is C17H25O5P. The molecule has 0 bridgehead atoms. The molecule has 0 spiro atoms. The van der Waals surface area contributed by atoms with E-state index in [9.17, 15) is 9.36 Å². The summed E-state index contributed by atoms with van der Waals surface area (Å²) in [6.07, 6.45) is 2.91. The van der Waals surface area contributed by atoms with E-state index in [4.69, 9.17) is 13.8 Å². The van der Waals surface area contributed by atoms with Crippen molar-refractivity contribution in [1.82, 2.24) is 0 Å². The first kappa shape index (κ1) is 19.6. The van der Waals surface area contributed by atoms with Crippen LogP contribution in [0, 0.1) is 13.8 Å². The van der Waals surface area contributed by atoms with Crippen LogP contribution in [0.3, 0.4) is 0 Å². The van der Waals surface area contributed by atoms with Crippen molar-refractivity contribution in [1.29, 1.82) is 0 Å². The van der Waals surface area contributed by atoms with Crippen molar-refractivity contribution in [2.24, 2.45) is 0 Å². The monoisotopic (exact) mass is 340 g/mol. The molecular weight excluding hydrogens is 315 g/mol. The molecule has 0 aromatic heterocycles. The lowest BCUT2D eigenvalue weighted by Crippen LogP contribution is -2.18. The number of hydrogen-bond donors (Lipinski definition) is 0. The Balaban J connectivity index is 3.40.